The molecule has 7 heteroatoms. The van der Waals surface area contributed by atoms with Crippen LogP contribution in [-0.2, 0) is 6.54 Å². The van der Waals surface area contributed by atoms with Gasteiger partial charge in [0.05, 0.1) is 5.69 Å². The predicted molar refractivity (Wildman–Crippen MR) is 70.1 cm³/mol. The molecule has 0 fully saturated rings. The zero-order chi connectivity index (χ0) is 13.8. The van der Waals surface area contributed by atoms with Crippen LogP contribution in [0.3, 0.4) is 0 Å². The van der Waals surface area contributed by atoms with Gasteiger partial charge in [-0.2, -0.15) is 0 Å². The molecule has 0 bridgehead atoms. The Kier molecular flexibility index (Phi) is 3.74. The summed E-state index contributed by atoms with van der Waals surface area (Å²) >= 11 is 0. The number of hydrogen-bond donors (Lipinski definition) is 2. The fourth-order valence-electron chi connectivity index (χ4n) is 1.65. The van der Waals surface area contributed by atoms with E-state index < -0.39 is 5.91 Å². The zero-order valence-corrected chi connectivity index (χ0v) is 10.8. The quantitative estimate of drug-likeness (QED) is 0.856. The van der Waals surface area contributed by atoms with Gasteiger partial charge in [-0.05, 0) is 19.4 Å². The van der Waals surface area contributed by atoms with E-state index in [-0.39, 0.29) is 11.4 Å². The van der Waals surface area contributed by atoms with E-state index in [9.17, 15) is 9.59 Å². The van der Waals surface area contributed by atoms with Gasteiger partial charge in [-0.25, -0.2) is 4.98 Å². The zero-order valence-electron chi connectivity index (χ0n) is 10.8. The minimum atomic E-state index is -0.411. The van der Waals surface area contributed by atoms with Crippen LogP contribution in [0.25, 0.3) is 0 Å². The van der Waals surface area contributed by atoms with Gasteiger partial charge in [-0.3, -0.25) is 14.7 Å². The number of H-pyrrole nitrogens is 1. The number of anilines is 1. The Hall–Kier alpha value is -2.44. The van der Waals surface area contributed by atoms with Crippen molar-refractivity contribution >= 4 is 11.6 Å². The van der Waals surface area contributed by atoms with Crippen molar-refractivity contribution in [3.8, 4) is 0 Å². The molecule has 0 spiro atoms. The Bertz CT molecular complexity index is 644. The first-order chi connectivity index (χ1) is 9.10. The van der Waals surface area contributed by atoms with Crippen molar-refractivity contribution in [2.45, 2.75) is 26.8 Å². The minimum Gasteiger partial charge on any atom is -0.318 e. The van der Waals surface area contributed by atoms with Gasteiger partial charge in [0.25, 0.3) is 11.5 Å². The monoisotopic (exact) mass is 261 g/mol. The van der Waals surface area contributed by atoms with Gasteiger partial charge in [0, 0.05) is 18.8 Å². The second-order valence-corrected chi connectivity index (χ2v) is 4.15. The maximum absolute atomic E-state index is 11.8. The summed E-state index contributed by atoms with van der Waals surface area (Å²) in [5.74, 6) is 0.234. The first-order valence-corrected chi connectivity index (χ1v) is 6.01. The molecule has 19 heavy (non-hydrogen) atoms. The third-order valence-electron chi connectivity index (χ3n) is 2.51. The highest BCUT2D eigenvalue weighted by molar-refractivity contribution is 6.01. The molecular weight excluding hydrogens is 246 g/mol. The lowest BCUT2D eigenvalue weighted by molar-refractivity contribution is 0.101. The highest BCUT2D eigenvalue weighted by atomic mass is 16.2. The van der Waals surface area contributed by atoms with Crippen molar-refractivity contribution in [3.63, 3.8) is 0 Å². The van der Waals surface area contributed by atoms with Crippen LogP contribution < -0.4 is 10.9 Å². The van der Waals surface area contributed by atoms with E-state index in [1.54, 1.807) is 23.8 Å². The summed E-state index contributed by atoms with van der Waals surface area (Å²) in [4.78, 5) is 27.3. The summed E-state index contributed by atoms with van der Waals surface area (Å²) in [6.45, 7) is 4.31. The molecule has 0 aromatic carbocycles. The predicted octanol–water partition coefficient (Wildman–Crippen LogP) is 0.937. The Morgan fingerprint density at radius 2 is 2.26 bits per heavy atom. The maximum Gasteiger partial charge on any atom is 0.295 e. The number of rotatable bonds is 4. The van der Waals surface area contributed by atoms with Gasteiger partial charge >= 0.3 is 0 Å². The van der Waals surface area contributed by atoms with Crippen molar-refractivity contribution < 1.29 is 4.79 Å². The third-order valence-corrected chi connectivity index (χ3v) is 2.51. The van der Waals surface area contributed by atoms with Gasteiger partial charge in [0.2, 0.25) is 5.82 Å². The topological polar surface area (TPSA) is 92.7 Å². The second kappa shape index (κ2) is 5.47. The number of amides is 1. The molecule has 0 aliphatic rings. The van der Waals surface area contributed by atoms with Crippen LogP contribution in [0.5, 0.6) is 0 Å². The first kappa shape index (κ1) is 13.0. The third kappa shape index (κ3) is 3.06. The fraction of sp³-hybridized carbons (Fsp3) is 0.333. The van der Waals surface area contributed by atoms with E-state index in [0.717, 1.165) is 6.42 Å². The molecule has 0 atom stereocenters. The summed E-state index contributed by atoms with van der Waals surface area (Å²) in [5.41, 5.74) is 0.453. The molecular formula is C12H15N5O2. The normalized spacial score (nSPS) is 10.4. The molecule has 0 unspecified atom stereocenters. The van der Waals surface area contributed by atoms with Crippen LogP contribution in [0.15, 0.2) is 23.1 Å². The highest BCUT2D eigenvalue weighted by Gasteiger charge is 2.11. The van der Waals surface area contributed by atoms with E-state index in [2.05, 4.69) is 20.5 Å². The van der Waals surface area contributed by atoms with Crippen molar-refractivity contribution in [2.24, 2.45) is 0 Å². The van der Waals surface area contributed by atoms with Gasteiger partial charge < -0.3 is 9.88 Å². The van der Waals surface area contributed by atoms with Gasteiger partial charge in [0.1, 0.15) is 5.82 Å². The lowest BCUT2D eigenvalue weighted by Crippen LogP contribution is -2.21. The van der Waals surface area contributed by atoms with Gasteiger partial charge in [0.15, 0.2) is 0 Å². The first-order valence-electron chi connectivity index (χ1n) is 6.01. The van der Waals surface area contributed by atoms with Crippen LogP contribution in [0, 0.1) is 6.92 Å². The maximum atomic E-state index is 11.8. The van der Waals surface area contributed by atoms with Crippen molar-refractivity contribution in [2.75, 3.05) is 5.32 Å². The lowest BCUT2D eigenvalue weighted by Gasteiger charge is -2.07. The number of aromatic amines is 1. The molecule has 0 radical (unpaired) electrons. The smallest absolute Gasteiger partial charge is 0.295 e. The van der Waals surface area contributed by atoms with Crippen LogP contribution in [0.1, 0.15) is 29.8 Å². The Morgan fingerprint density at radius 3 is 2.89 bits per heavy atom. The average molecular weight is 261 g/mol. The van der Waals surface area contributed by atoms with E-state index >= 15 is 0 Å². The van der Waals surface area contributed by atoms with Crippen molar-refractivity contribution in [1.82, 2.24) is 19.7 Å². The molecule has 7 nitrogen and oxygen atoms in total. The number of carbonyl (C=O) groups excluding carboxylic acids is 1. The van der Waals surface area contributed by atoms with Crippen molar-refractivity contribution in [3.05, 3.63) is 40.3 Å². The molecule has 2 aromatic rings. The molecule has 1 amide bonds. The summed E-state index contributed by atoms with van der Waals surface area (Å²) in [6.07, 6.45) is 2.46. The molecule has 2 heterocycles. The molecule has 0 aliphatic heterocycles. The number of aryl methyl sites for hydroxylation is 2. The van der Waals surface area contributed by atoms with E-state index in [4.69, 9.17) is 0 Å². The summed E-state index contributed by atoms with van der Waals surface area (Å²) in [5, 5.41) is 9.02. The largest absolute Gasteiger partial charge is 0.318 e. The molecule has 2 N–H and O–H groups in total. The van der Waals surface area contributed by atoms with E-state index in [1.165, 1.54) is 6.07 Å². The van der Waals surface area contributed by atoms with Crippen LogP contribution in [-0.4, -0.2) is 25.7 Å². The van der Waals surface area contributed by atoms with Gasteiger partial charge in [-0.1, -0.05) is 6.92 Å². The number of nitrogens with one attached hydrogen (secondary N) is 2. The Labute approximate surface area is 109 Å². The summed E-state index contributed by atoms with van der Waals surface area (Å²) in [7, 11) is 0. The van der Waals surface area contributed by atoms with Crippen LogP contribution >= 0.6 is 0 Å². The number of hydrogen-bond acceptors (Lipinski definition) is 4. The van der Waals surface area contributed by atoms with Gasteiger partial charge in [-0.15, -0.1) is 5.10 Å². The Morgan fingerprint density at radius 1 is 1.47 bits per heavy atom. The van der Waals surface area contributed by atoms with Crippen LogP contribution in [0.2, 0.25) is 0 Å². The van der Waals surface area contributed by atoms with Crippen molar-refractivity contribution in [1.29, 1.82) is 0 Å². The van der Waals surface area contributed by atoms with E-state index in [0.29, 0.717) is 18.1 Å². The molecule has 100 valence electrons. The SMILES string of the molecule is CCCn1cc(NC(=O)c2n[nH]c(C)n2)ccc1=O. The minimum absolute atomic E-state index is 0.0748. The number of nitrogens with zero attached hydrogens (tertiary/aromatic N) is 3. The van der Waals surface area contributed by atoms with E-state index in [1.807, 2.05) is 6.92 Å². The number of aromatic nitrogens is 4. The van der Waals surface area contributed by atoms with Crippen LogP contribution in [0.4, 0.5) is 5.69 Å². The molecule has 2 aromatic heterocycles. The number of pyridine rings is 1. The summed E-state index contributed by atoms with van der Waals surface area (Å²) in [6, 6.07) is 2.99. The standard InChI is InChI=1S/C12H15N5O2/c1-3-6-17-7-9(4-5-10(17)18)14-12(19)11-13-8(2)15-16-11/h4-5,7H,3,6H2,1-2H3,(H,14,19)(H,13,15,16). The average Bonchev–Trinajstić information content (AvgIpc) is 2.80. The Balaban J connectivity index is 2.17. The fourth-order valence-corrected chi connectivity index (χ4v) is 1.65. The number of carbonyl (C=O) groups is 1. The molecule has 0 saturated heterocycles. The second-order valence-electron chi connectivity index (χ2n) is 4.15. The molecule has 2 rings (SSSR count). The molecule has 0 saturated carbocycles. The molecule has 0 aliphatic carbocycles. The highest BCUT2D eigenvalue weighted by Crippen LogP contribution is 2.05. The summed E-state index contributed by atoms with van der Waals surface area (Å²) < 4.78 is 1.55. The lowest BCUT2D eigenvalue weighted by atomic mass is 10.3.